The molecule has 1 unspecified atom stereocenters. The molecular formula is C15H18Cl2. The van der Waals surface area contributed by atoms with Crippen molar-refractivity contribution in [1.29, 1.82) is 0 Å². The second-order valence-electron chi connectivity index (χ2n) is 5.69. The fourth-order valence-corrected chi connectivity index (χ4v) is 3.43. The molecule has 92 valence electrons. The van der Waals surface area contributed by atoms with Crippen molar-refractivity contribution in [3.63, 3.8) is 0 Å². The molecule has 0 aromatic heterocycles. The quantitative estimate of drug-likeness (QED) is 0.509. The zero-order valence-electron chi connectivity index (χ0n) is 10.3. The molecule has 0 heterocycles. The van der Waals surface area contributed by atoms with Gasteiger partial charge in [-0.25, -0.2) is 0 Å². The van der Waals surface area contributed by atoms with E-state index in [9.17, 15) is 0 Å². The Hall–Kier alpha value is -0.460. The highest BCUT2D eigenvalue weighted by molar-refractivity contribution is 6.30. The van der Waals surface area contributed by atoms with Crippen molar-refractivity contribution in [2.75, 3.05) is 0 Å². The summed E-state index contributed by atoms with van der Waals surface area (Å²) < 4.78 is 0. The normalized spacial score (nSPS) is 23.3. The maximum absolute atomic E-state index is 6.29. The number of hydrogen-bond donors (Lipinski definition) is 0. The van der Waals surface area contributed by atoms with Crippen LogP contribution in [-0.4, -0.2) is 5.38 Å². The number of benzene rings is 1. The molecule has 0 N–H and O–H groups in total. The molecule has 2 heteroatoms. The Labute approximate surface area is 114 Å². The minimum atomic E-state index is 0.174. The molecule has 0 aliphatic heterocycles. The molecular weight excluding hydrogens is 251 g/mol. The molecule has 1 aliphatic rings. The summed E-state index contributed by atoms with van der Waals surface area (Å²) in [5.74, 6) is 0. The Kier molecular flexibility index (Phi) is 3.85. The summed E-state index contributed by atoms with van der Waals surface area (Å²) in [6, 6.07) is 8.07. The lowest BCUT2D eigenvalue weighted by Gasteiger charge is -2.32. The Morgan fingerprint density at radius 3 is 2.76 bits per heavy atom. The van der Waals surface area contributed by atoms with E-state index in [2.05, 4.69) is 26.0 Å². The lowest BCUT2D eigenvalue weighted by molar-refractivity contribution is 0.320. The van der Waals surface area contributed by atoms with E-state index < -0.39 is 0 Å². The van der Waals surface area contributed by atoms with Gasteiger partial charge in [0.25, 0.3) is 0 Å². The number of alkyl halides is 1. The monoisotopic (exact) mass is 268 g/mol. The van der Waals surface area contributed by atoms with Crippen LogP contribution in [0.25, 0.3) is 0 Å². The smallest absolute Gasteiger partial charge is 0.0523 e. The van der Waals surface area contributed by atoms with Gasteiger partial charge in [-0.3, -0.25) is 0 Å². The van der Waals surface area contributed by atoms with Crippen molar-refractivity contribution < 1.29 is 0 Å². The van der Waals surface area contributed by atoms with E-state index in [0.717, 1.165) is 24.3 Å². The summed E-state index contributed by atoms with van der Waals surface area (Å²) in [5.41, 5.74) is 3.02. The van der Waals surface area contributed by atoms with Crippen LogP contribution in [0.15, 0.2) is 35.9 Å². The Morgan fingerprint density at radius 1 is 1.35 bits per heavy atom. The summed E-state index contributed by atoms with van der Waals surface area (Å²) in [7, 11) is 0. The second kappa shape index (κ2) is 5.04. The van der Waals surface area contributed by atoms with Crippen LogP contribution in [0.1, 0.15) is 32.3 Å². The van der Waals surface area contributed by atoms with Gasteiger partial charge in [-0.2, -0.15) is 0 Å². The summed E-state index contributed by atoms with van der Waals surface area (Å²) in [4.78, 5) is 0. The SMILES string of the molecule is CC1(C)CC(Cc2cccc(Cl)c2)=CC(Cl)C1. The van der Waals surface area contributed by atoms with Crippen molar-refractivity contribution in [3.05, 3.63) is 46.5 Å². The van der Waals surface area contributed by atoms with Gasteiger partial charge in [0.1, 0.15) is 0 Å². The van der Waals surface area contributed by atoms with E-state index in [1.807, 2.05) is 18.2 Å². The number of allylic oxidation sites excluding steroid dienone is 2. The lowest BCUT2D eigenvalue weighted by atomic mass is 9.76. The molecule has 0 spiro atoms. The first kappa shape index (κ1) is 13.0. The average molecular weight is 269 g/mol. The lowest BCUT2D eigenvalue weighted by Crippen LogP contribution is -2.22. The standard InChI is InChI=1S/C15H18Cl2/c1-15(2)9-12(8-14(17)10-15)6-11-4-3-5-13(16)7-11/h3-5,7-8,14H,6,9-10H2,1-2H3. The van der Waals surface area contributed by atoms with E-state index in [-0.39, 0.29) is 5.38 Å². The van der Waals surface area contributed by atoms with Crippen LogP contribution >= 0.6 is 23.2 Å². The number of rotatable bonds is 2. The van der Waals surface area contributed by atoms with E-state index in [1.54, 1.807) is 0 Å². The highest BCUT2D eigenvalue weighted by Gasteiger charge is 2.27. The second-order valence-corrected chi connectivity index (χ2v) is 6.69. The zero-order valence-corrected chi connectivity index (χ0v) is 11.9. The molecule has 1 aromatic rings. The minimum Gasteiger partial charge on any atom is -0.118 e. The van der Waals surface area contributed by atoms with Crippen molar-refractivity contribution in [3.8, 4) is 0 Å². The third-order valence-electron chi connectivity index (χ3n) is 3.19. The fraction of sp³-hybridized carbons (Fsp3) is 0.467. The molecule has 0 radical (unpaired) electrons. The van der Waals surface area contributed by atoms with Gasteiger partial charge in [-0.1, -0.05) is 49.2 Å². The first-order valence-corrected chi connectivity index (χ1v) is 6.84. The van der Waals surface area contributed by atoms with Gasteiger partial charge in [0.05, 0.1) is 5.38 Å². The number of hydrogen-bond acceptors (Lipinski definition) is 0. The van der Waals surface area contributed by atoms with Crippen molar-refractivity contribution in [2.24, 2.45) is 5.41 Å². The highest BCUT2D eigenvalue weighted by Crippen LogP contribution is 2.38. The van der Waals surface area contributed by atoms with Gasteiger partial charge in [0, 0.05) is 5.02 Å². The van der Waals surface area contributed by atoms with Gasteiger partial charge in [-0.15, -0.1) is 11.6 Å². The van der Waals surface area contributed by atoms with Crippen LogP contribution in [0, 0.1) is 5.41 Å². The molecule has 1 atom stereocenters. The first-order valence-electron chi connectivity index (χ1n) is 6.03. The molecule has 1 aromatic carbocycles. The van der Waals surface area contributed by atoms with Gasteiger partial charge in [-0.05, 0) is 42.4 Å². The predicted molar refractivity (Wildman–Crippen MR) is 75.9 cm³/mol. The Bertz CT molecular complexity index is 432. The van der Waals surface area contributed by atoms with Crippen LogP contribution in [0.3, 0.4) is 0 Å². The topological polar surface area (TPSA) is 0 Å². The molecule has 0 fully saturated rings. The molecule has 17 heavy (non-hydrogen) atoms. The van der Waals surface area contributed by atoms with Gasteiger partial charge in [0.2, 0.25) is 0 Å². The summed E-state index contributed by atoms with van der Waals surface area (Å²) in [6.07, 6.45) is 5.37. The summed E-state index contributed by atoms with van der Waals surface area (Å²) in [6.45, 7) is 4.57. The Balaban J connectivity index is 2.14. The van der Waals surface area contributed by atoms with Gasteiger partial charge < -0.3 is 0 Å². The van der Waals surface area contributed by atoms with Gasteiger partial charge in [0.15, 0.2) is 0 Å². The molecule has 0 saturated heterocycles. The van der Waals surface area contributed by atoms with Crippen LogP contribution in [0.5, 0.6) is 0 Å². The average Bonchev–Trinajstić information content (AvgIpc) is 2.13. The van der Waals surface area contributed by atoms with E-state index in [4.69, 9.17) is 23.2 Å². The largest absolute Gasteiger partial charge is 0.118 e. The summed E-state index contributed by atoms with van der Waals surface area (Å²) in [5, 5.41) is 0.980. The molecule has 2 rings (SSSR count). The third-order valence-corrected chi connectivity index (χ3v) is 3.71. The molecule has 0 saturated carbocycles. The molecule has 1 aliphatic carbocycles. The Morgan fingerprint density at radius 2 is 2.12 bits per heavy atom. The van der Waals surface area contributed by atoms with Crippen molar-refractivity contribution >= 4 is 23.2 Å². The van der Waals surface area contributed by atoms with Gasteiger partial charge >= 0.3 is 0 Å². The van der Waals surface area contributed by atoms with Crippen molar-refractivity contribution in [2.45, 2.75) is 38.5 Å². The van der Waals surface area contributed by atoms with Crippen LogP contribution in [0.2, 0.25) is 5.02 Å². The highest BCUT2D eigenvalue weighted by atomic mass is 35.5. The van der Waals surface area contributed by atoms with Crippen LogP contribution < -0.4 is 0 Å². The number of halogens is 2. The van der Waals surface area contributed by atoms with E-state index in [0.29, 0.717) is 5.41 Å². The maximum Gasteiger partial charge on any atom is 0.0523 e. The molecule has 0 nitrogen and oxygen atoms in total. The maximum atomic E-state index is 6.29. The third kappa shape index (κ3) is 3.76. The van der Waals surface area contributed by atoms with E-state index in [1.165, 1.54) is 11.1 Å². The zero-order chi connectivity index (χ0) is 12.5. The predicted octanol–water partition coefficient (Wildman–Crippen LogP) is 5.24. The van der Waals surface area contributed by atoms with Crippen LogP contribution in [-0.2, 0) is 6.42 Å². The van der Waals surface area contributed by atoms with Crippen molar-refractivity contribution in [1.82, 2.24) is 0 Å². The fourth-order valence-electron chi connectivity index (χ4n) is 2.62. The first-order chi connectivity index (χ1) is 7.94. The molecule has 0 bridgehead atoms. The van der Waals surface area contributed by atoms with E-state index >= 15 is 0 Å². The summed E-state index contributed by atoms with van der Waals surface area (Å²) >= 11 is 12.3. The van der Waals surface area contributed by atoms with Crippen LogP contribution in [0.4, 0.5) is 0 Å². The molecule has 0 amide bonds. The minimum absolute atomic E-state index is 0.174.